The SMILES string of the molecule is CNc1cccc(CNC2CCC2)c1. The van der Waals surface area contributed by atoms with E-state index in [9.17, 15) is 0 Å². The van der Waals surface area contributed by atoms with Gasteiger partial charge in [0.05, 0.1) is 0 Å². The Kier molecular flexibility index (Phi) is 3.04. The van der Waals surface area contributed by atoms with Gasteiger partial charge in [-0.05, 0) is 30.5 Å². The molecule has 0 bridgehead atoms. The van der Waals surface area contributed by atoms with Gasteiger partial charge in [0.15, 0.2) is 0 Å². The average molecular weight is 190 g/mol. The van der Waals surface area contributed by atoms with Gasteiger partial charge in [-0.15, -0.1) is 0 Å². The highest BCUT2D eigenvalue weighted by molar-refractivity contribution is 5.44. The summed E-state index contributed by atoms with van der Waals surface area (Å²) in [6.07, 6.45) is 4.10. The van der Waals surface area contributed by atoms with Crippen molar-refractivity contribution in [2.75, 3.05) is 12.4 Å². The first-order valence-corrected chi connectivity index (χ1v) is 5.38. The van der Waals surface area contributed by atoms with Crippen molar-refractivity contribution >= 4 is 5.69 Å². The van der Waals surface area contributed by atoms with E-state index in [0.717, 1.165) is 12.6 Å². The van der Waals surface area contributed by atoms with Crippen LogP contribution in [0.15, 0.2) is 24.3 Å². The molecule has 0 aromatic heterocycles. The molecular weight excluding hydrogens is 172 g/mol. The summed E-state index contributed by atoms with van der Waals surface area (Å²) in [7, 11) is 1.96. The van der Waals surface area contributed by atoms with Gasteiger partial charge in [0.25, 0.3) is 0 Å². The third kappa shape index (κ3) is 2.26. The maximum Gasteiger partial charge on any atom is 0.0340 e. The lowest BCUT2D eigenvalue weighted by Gasteiger charge is -2.26. The molecular formula is C12H18N2. The molecule has 0 spiro atoms. The molecule has 76 valence electrons. The second kappa shape index (κ2) is 4.47. The van der Waals surface area contributed by atoms with Gasteiger partial charge in [0.2, 0.25) is 0 Å². The second-order valence-electron chi connectivity index (χ2n) is 3.96. The first-order chi connectivity index (χ1) is 6.88. The lowest BCUT2D eigenvalue weighted by Crippen LogP contribution is -2.34. The summed E-state index contributed by atoms with van der Waals surface area (Å²) in [5.74, 6) is 0. The van der Waals surface area contributed by atoms with Gasteiger partial charge in [0, 0.05) is 25.3 Å². The Morgan fingerprint density at radius 3 is 2.86 bits per heavy atom. The van der Waals surface area contributed by atoms with E-state index in [-0.39, 0.29) is 0 Å². The Balaban J connectivity index is 1.87. The van der Waals surface area contributed by atoms with E-state index in [1.165, 1.54) is 30.5 Å². The minimum absolute atomic E-state index is 0.772. The molecule has 0 amide bonds. The fraction of sp³-hybridized carbons (Fsp3) is 0.500. The summed E-state index contributed by atoms with van der Waals surface area (Å²) in [6, 6.07) is 9.34. The van der Waals surface area contributed by atoms with Crippen molar-refractivity contribution in [1.29, 1.82) is 0 Å². The molecule has 0 atom stereocenters. The first kappa shape index (κ1) is 9.53. The van der Waals surface area contributed by atoms with Crippen molar-refractivity contribution in [2.24, 2.45) is 0 Å². The van der Waals surface area contributed by atoms with Gasteiger partial charge < -0.3 is 10.6 Å². The third-order valence-corrected chi connectivity index (χ3v) is 2.92. The molecule has 1 aliphatic rings. The zero-order valence-corrected chi connectivity index (χ0v) is 8.72. The predicted molar refractivity (Wildman–Crippen MR) is 60.5 cm³/mol. The molecule has 1 aromatic carbocycles. The summed E-state index contributed by atoms with van der Waals surface area (Å²) >= 11 is 0. The fourth-order valence-electron chi connectivity index (χ4n) is 1.71. The minimum Gasteiger partial charge on any atom is -0.388 e. The van der Waals surface area contributed by atoms with Crippen molar-refractivity contribution in [2.45, 2.75) is 31.8 Å². The van der Waals surface area contributed by atoms with Crippen molar-refractivity contribution in [1.82, 2.24) is 5.32 Å². The van der Waals surface area contributed by atoms with Crippen LogP contribution in [-0.2, 0) is 6.54 Å². The average Bonchev–Trinajstić information content (AvgIpc) is 2.16. The van der Waals surface area contributed by atoms with Gasteiger partial charge >= 0.3 is 0 Å². The highest BCUT2D eigenvalue weighted by atomic mass is 14.9. The standard InChI is InChI=1S/C12H18N2/c1-13-12-7-2-4-10(8-12)9-14-11-5-3-6-11/h2,4,7-8,11,13-14H,3,5-6,9H2,1H3. The molecule has 2 heteroatoms. The molecule has 2 rings (SSSR count). The summed E-state index contributed by atoms with van der Waals surface area (Å²) in [5.41, 5.74) is 2.56. The van der Waals surface area contributed by atoms with E-state index >= 15 is 0 Å². The lowest BCUT2D eigenvalue weighted by atomic mass is 9.93. The topological polar surface area (TPSA) is 24.1 Å². The van der Waals surface area contributed by atoms with E-state index in [1.54, 1.807) is 0 Å². The van der Waals surface area contributed by atoms with Crippen LogP contribution in [0.3, 0.4) is 0 Å². The van der Waals surface area contributed by atoms with Crippen LogP contribution in [0.5, 0.6) is 0 Å². The summed E-state index contributed by atoms with van der Waals surface area (Å²) in [4.78, 5) is 0. The molecule has 0 heterocycles. The van der Waals surface area contributed by atoms with Crippen LogP contribution in [0.1, 0.15) is 24.8 Å². The Morgan fingerprint density at radius 2 is 2.21 bits per heavy atom. The highest BCUT2D eigenvalue weighted by Gasteiger charge is 2.15. The second-order valence-corrected chi connectivity index (χ2v) is 3.96. The molecule has 1 saturated carbocycles. The van der Waals surface area contributed by atoms with E-state index < -0.39 is 0 Å². The maximum atomic E-state index is 3.56. The Bertz CT molecular complexity index is 292. The maximum absolute atomic E-state index is 3.56. The monoisotopic (exact) mass is 190 g/mol. The van der Waals surface area contributed by atoms with Gasteiger partial charge in [-0.3, -0.25) is 0 Å². The zero-order valence-electron chi connectivity index (χ0n) is 8.72. The van der Waals surface area contributed by atoms with Gasteiger partial charge in [-0.2, -0.15) is 0 Å². The lowest BCUT2D eigenvalue weighted by molar-refractivity contribution is 0.338. The number of benzene rings is 1. The number of hydrogen-bond donors (Lipinski definition) is 2. The summed E-state index contributed by atoms with van der Waals surface area (Å²) in [5, 5.41) is 6.71. The molecule has 2 N–H and O–H groups in total. The normalized spacial score (nSPS) is 16.4. The largest absolute Gasteiger partial charge is 0.388 e. The highest BCUT2D eigenvalue weighted by Crippen LogP contribution is 2.19. The Hall–Kier alpha value is -1.02. The number of nitrogens with one attached hydrogen (secondary N) is 2. The molecule has 0 radical (unpaired) electrons. The molecule has 1 aromatic rings. The van der Waals surface area contributed by atoms with Crippen LogP contribution in [-0.4, -0.2) is 13.1 Å². The molecule has 14 heavy (non-hydrogen) atoms. The number of hydrogen-bond acceptors (Lipinski definition) is 2. The van der Waals surface area contributed by atoms with Crippen molar-refractivity contribution in [3.63, 3.8) is 0 Å². The molecule has 0 unspecified atom stereocenters. The summed E-state index contributed by atoms with van der Waals surface area (Å²) < 4.78 is 0. The summed E-state index contributed by atoms with van der Waals surface area (Å²) in [6.45, 7) is 1.00. The van der Waals surface area contributed by atoms with E-state index in [1.807, 2.05) is 7.05 Å². The molecule has 0 aliphatic heterocycles. The minimum atomic E-state index is 0.772. The predicted octanol–water partition coefficient (Wildman–Crippen LogP) is 2.37. The fourth-order valence-corrected chi connectivity index (χ4v) is 1.71. The van der Waals surface area contributed by atoms with Crippen LogP contribution in [0, 0.1) is 0 Å². The van der Waals surface area contributed by atoms with Gasteiger partial charge in [-0.1, -0.05) is 18.6 Å². The molecule has 1 aliphatic carbocycles. The third-order valence-electron chi connectivity index (χ3n) is 2.92. The van der Waals surface area contributed by atoms with Crippen LogP contribution in [0.2, 0.25) is 0 Å². The van der Waals surface area contributed by atoms with E-state index in [0.29, 0.717) is 0 Å². The molecule has 1 fully saturated rings. The first-order valence-electron chi connectivity index (χ1n) is 5.38. The Labute approximate surface area is 85.7 Å². The quantitative estimate of drug-likeness (QED) is 0.761. The van der Waals surface area contributed by atoms with Crippen molar-refractivity contribution < 1.29 is 0 Å². The molecule has 2 nitrogen and oxygen atoms in total. The van der Waals surface area contributed by atoms with Crippen LogP contribution in [0.4, 0.5) is 5.69 Å². The van der Waals surface area contributed by atoms with Crippen molar-refractivity contribution in [3.05, 3.63) is 29.8 Å². The van der Waals surface area contributed by atoms with Crippen LogP contribution >= 0.6 is 0 Å². The van der Waals surface area contributed by atoms with Crippen molar-refractivity contribution in [3.8, 4) is 0 Å². The number of anilines is 1. The van der Waals surface area contributed by atoms with E-state index in [2.05, 4.69) is 34.9 Å². The zero-order chi connectivity index (χ0) is 9.80. The number of rotatable bonds is 4. The van der Waals surface area contributed by atoms with Crippen LogP contribution in [0.25, 0.3) is 0 Å². The molecule has 0 saturated heterocycles. The van der Waals surface area contributed by atoms with Gasteiger partial charge in [0.1, 0.15) is 0 Å². The smallest absolute Gasteiger partial charge is 0.0340 e. The van der Waals surface area contributed by atoms with Crippen LogP contribution < -0.4 is 10.6 Å². The van der Waals surface area contributed by atoms with E-state index in [4.69, 9.17) is 0 Å². The van der Waals surface area contributed by atoms with Gasteiger partial charge in [-0.25, -0.2) is 0 Å². The Morgan fingerprint density at radius 1 is 1.36 bits per heavy atom.